The fourth-order valence-corrected chi connectivity index (χ4v) is 2.83. The van der Waals surface area contributed by atoms with Gasteiger partial charge in [0.15, 0.2) is 0 Å². The lowest BCUT2D eigenvalue weighted by Crippen LogP contribution is -2.13. The smallest absolute Gasteiger partial charge is 0.266 e. The van der Waals surface area contributed by atoms with Gasteiger partial charge in [-0.1, -0.05) is 52.3 Å². The van der Waals surface area contributed by atoms with Gasteiger partial charge in [-0.3, -0.25) is 4.79 Å². The van der Waals surface area contributed by atoms with E-state index in [2.05, 4.69) is 21.2 Å². The number of carbonyl (C=O) groups excluding carboxylic acids is 1. The molecule has 0 aliphatic rings. The van der Waals surface area contributed by atoms with Crippen molar-refractivity contribution in [3.8, 4) is 6.07 Å². The number of amides is 1. The highest BCUT2D eigenvalue weighted by Crippen LogP contribution is 2.24. The Morgan fingerprint density at radius 2 is 1.88 bits per heavy atom. The SMILES string of the molecule is N#C/C(=C/c1cc(Br)ccc1F)C(=O)Nc1cccc2ccccc12. The first-order chi connectivity index (χ1) is 12.1. The predicted octanol–water partition coefficient (Wildman–Crippen LogP) is 5.29. The number of rotatable bonds is 3. The van der Waals surface area contributed by atoms with Gasteiger partial charge in [0.1, 0.15) is 17.5 Å². The van der Waals surface area contributed by atoms with Gasteiger partial charge in [0.05, 0.1) is 0 Å². The number of carbonyl (C=O) groups is 1. The van der Waals surface area contributed by atoms with E-state index >= 15 is 0 Å². The molecule has 0 unspecified atom stereocenters. The maximum absolute atomic E-state index is 13.9. The summed E-state index contributed by atoms with van der Waals surface area (Å²) in [6.07, 6.45) is 1.24. The second-order valence-corrected chi connectivity index (χ2v) is 6.23. The normalized spacial score (nSPS) is 11.2. The third-order valence-corrected chi connectivity index (χ3v) is 4.15. The van der Waals surface area contributed by atoms with E-state index in [4.69, 9.17) is 0 Å². The van der Waals surface area contributed by atoms with Crippen molar-refractivity contribution in [1.29, 1.82) is 5.26 Å². The summed E-state index contributed by atoms with van der Waals surface area (Å²) in [7, 11) is 0. The molecule has 0 heterocycles. The Morgan fingerprint density at radius 3 is 2.68 bits per heavy atom. The van der Waals surface area contributed by atoms with Crippen LogP contribution in [0.4, 0.5) is 10.1 Å². The summed E-state index contributed by atoms with van der Waals surface area (Å²) in [6.45, 7) is 0. The van der Waals surface area contributed by atoms with Crippen LogP contribution in [0, 0.1) is 17.1 Å². The van der Waals surface area contributed by atoms with E-state index in [1.807, 2.05) is 42.5 Å². The van der Waals surface area contributed by atoms with E-state index < -0.39 is 11.7 Å². The Labute approximate surface area is 152 Å². The van der Waals surface area contributed by atoms with Crippen LogP contribution in [0.1, 0.15) is 5.56 Å². The minimum atomic E-state index is -0.585. The van der Waals surface area contributed by atoms with E-state index in [0.717, 1.165) is 10.8 Å². The summed E-state index contributed by atoms with van der Waals surface area (Å²) in [4.78, 5) is 12.5. The largest absolute Gasteiger partial charge is 0.321 e. The molecule has 25 heavy (non-hydrogen) atoms. The summed E-state index contributed by atoms with van der Waals surface area (Å²) in [5.74, 6) is -1.09. The van der Waals surface area contributed by atoms with Gasteiger partial charge in [0.25, 0.3) is 5.91 Å². The number of anilines is 1. The molecule has 0 aromatic heterocycles. The van der Waals surface area contributed by atoms with Gasteiger partial charge >= 0.3 is 0 Å². The molecule has 0 bridgehead atoms. The molecule has 0 atom stereocenters. The monoisotopic (exact) mass is 394 g/mol. The van der Waals surface area contributed by atoms with E-state index in [1.165, 1.54) is 18.2 Å². The van der Waals surface area contributed by atoms with Crippen molar-refractivity contribution >= 4 is 44.4 Å². The van der Waals surface area contributed by atoms with Crippen molar-refractivity contribution in [1.82, 2.24) is 0 Å². The van der Waals surface area contributed by atoms with Gasteiger partial charge in [-0.25, -0.2) is 4.39 Å². The predicted molar refractivity (Wildman–Crippen MR) is 100 cm³/mol. The van der Waals surface area contributed by atoms with Gasteiger partial charge < -0.3 is 5.32 Å². The fourth-order valence-electron chi connectivity index (χ4n) is 2.45. The molecule has 3 aromatic rings. The minimum Gasteiger partial charge on any atom is -0.321 e. The Hall–Kier alpha value is -2.97. The zero-order chi connectivity index (χ0) is 17.8. The van der Waals surface area contributed by atoms with E-state index in [0.29, 0.717) is 10.2 Å². The van der Waals surface area contributed by atoms with Crippen LogP contribution in [-0.4, -0.2) is 5.91 Å². The lowest BCUT2D eigenvalue weighted by atomic mass is 10.1. The second kappa shape index (κ2) is 7.29. The maximum Gasteiger partial charge on any atom is 0.266 e. The first-order valence-electron chi connectivity index (χ1n) is 7.44. The highest BCUT2D eigenvalue weighted by atomic mass is 79.9. The van der Waals surface area contributed by atoms with Crippen LogP contribution in [0.15, 0.2) is 70.7 Å². The number of nitriles is 1. The number of benzene rings is 3. The molecular formula is C20H12BrFN2O. The van der Waals surface area contributed by atoms with Crippen molar-refractivity contribution in [3.63, 3.8) is 0 Å². The van der Waals surface area contributed by atoms with Crippen molar-refractivity contribution in [3.05, 3.63) is 82.1 Å². The molecule has 0 aliphatic carbocycles. The number of hydrogen-bond acceptors (Lipinski definition) is 2. The number of nitrogens with one attached hydrogen (secondary N) is 1. The van der Waals surface area contributed by atoms with E-state index in [-0.39, 0.29) is 11.1 Å². The van der Waals surface area contributed by atoms with E-state index in [9.17, 15) is 14.4 Å². The van der Waals surface area contributed by atoms with Gasteiger partial charge in [-0.05, 0) is 35.7 Å². The Kier molecular flexibility index (Phi) is 4.92. The molecular weight excluding hydrogens is 383 g/mol. The fraction of sp³-hybridized carbons (Fsp3) is 0. The quantitative estimate of drug-likeness (QED) is 0.484. The highest BCUT2D eigenvalue weighted by Gasteiger charge is 2.12. The summed E-state index contributed by atoms with van der Waals surface area (Å²) in [6, 6.07) is 19.3. The Morgan fingerprint density at radius 1 is 1.12 bits per heavy atom. The van der Waals surface area contributed by atoms with Gasteiger partial charge in [0.2, 0.25) is 0 Å². The molecule has 0 fully saturated rings. The molecule has 5 heteroatoms. The molecule has 0 saturated carbocycles. The first kappa shape index (κ1) is 16.9. The lowest BCUT2D eigenvalue weighted by molar-refractivity contribution is -0.112. The average molecular weight is 395 g/mol. The molecule has 3 nitrogen and oxygen atoms in total. The van der Waals surface area contributed by atoms with Crippen LogP contribution >= 0.6 is 15.9 Å². The van der Waals surface area contributed by atoms with Crippen LogP contribution < -0.4 is 5.32 Å². The Balaban J connectivity index is 1.94. The summed E-state index contributed by atoms with van der Waals surface area (Å²) >= 11 is 3.25. The molecule has 3 aromatic carbocycles. The lowest BCUT2D eigenvalue weighted by Gasteiger charge is -2.08. The van der Waals surface area contributed by atoms with Gasteiger partial charge in [0, 0.05) is 21.1 Å². The average Bonchev–Trinajstić information content (AvgIpc) is 2.62. The van der Waals surface area contributed by atoms with Gasteiger partial charge in [-0.15, -0.1) is 0 Å². The van der Waals surface area contributed by atoms with Crippen molar-refractivity contribution in [2.24, 2.45) is 0 Å². The molecule has 0 spiro atoms. The molecule has 0 aliphatic heterocycles. The molecule has 0 saturated heterocycles. The summed E-state index contributed by atoms with van der Waals surface area (Å²) in [5, 5.41) is 13.9. The molecule has 3 rings (SSSR count). The van der Waals surface area contributed by atoms with Crippen molar-refractivity contribution in [2.75, 3.05) is 5.32 Å². The molecule has 122 valence electrons. The van der Waals surface area contributed by atoms with Crippen molar-refractivity contribution < 1.29 is 9.18 Å². The zero-order valence-electron chi connectivity index (χ0n) is 13.0. The van der Waals surface area contributed by atoms with Crippen LogP contribution in [-0.2, 0) is 4.79 Å². The van der Waals surface area contributed by atoms with Gasteiger partial charge in [-0.2, -0.15) is 5.26 Å². The zero-order valence-corrected chi connectivity index (χ0v) is 14.5. The van der Waals surface area contributed by atoms with Crippen LogP contribution in [0.3, 0.4) is 0 Å². The Bertz CT molecular complexity index is 1030. The third kappa shape index (κ3) is 3.76. The topological polar surface area (TPSA) is 52.9 Å². The third-order valence-electron chi connectivity index (χ3n) is 3.66. The van der Waals surface area contributed by atoms with Crippen LogP contribution in [0.2, 0.25) is 0 Å². The minimum absolute atomic E-state index is 0.166. The maximum atomic E-state index is 13.9. The first-order valence-corrected chi connectivity index (χ1v) is 8.24. The second-order valence-electron chi connectivity index (χ2n) is 5.32. The molecule has 0 radical (unpaired) electrons. The van der Waals surface area contributed by atoms with Crippen molar-refractivity contribution in [2.45, 2.75) is 0 Å². The number of nitrogens with zero attached hydrogens (tertiary/aromatic N) is 1. The summed E-state index contributed by atoms with van der Waals surface area (Å²) < 4.78 is 14.5. The number of halogens is 2. The highest BCUT2D eigenvalue weighted by molar-refractivity contribution is 9.10. The number of hydrogen-bond donors (Lipinski definition) is 1. The molecule has 1 amide bonds. The van der Waals surface area contributed by atoms with Crippen LogP contribution in [0.25, 0.3) is 16.8 Å². The summed E-state index contributed by atoms with van der Waals surface area (Å²) in [5.41, 5.74) is 0.586. The van der Waals surface area contributed by atoms with E-state index in [1.54, 1.807) is 12.1 Å². The number of fused-ring (bicyclic) bond motifs is 1. The van der Waals surface area contributed by atoms with Crippen LogP contribution in [0.5, 0.6) is 0 Å². The standard InChI is InChI=1S/C20H12BrFN2O/c21-16-8-9-18(22)14(11-16)10-15(12-23)20(25)24-19-7-3-5-13-4-1-2-6-17(13)19/h1-11H,(H,24,25)/b15-10-. The molecule has 1 N–H and O–H groups in total.